The van der Waals surface area contributed by atoms with Gasteiger partial charge in [0.15, 0.2) is 0 Å². The van der Waals surface area contributed by atoms with Crippen LogP contribution in [0.15, 0.2) is 23.5 Å². The highest BCUT2D eigenvalue weighted by Gasteiger charge is 2.15. The molecule has 0 aromatic carbocycles. The van der Waals surface area contributed by atoms with Crippen LogP contribution in [0.3, 0.4) is 0 Å². The Morgan fingerprint density at radius 1 is 1.58 bits per heavy atom. The molecule has 0 aromatic rings. The first-order valence-corrected chi connectivity index (χ1v) is 4.22. The summed E-state index contributed by atoms with van der Waals surface area (Å²) in [7, 11) is 0. The molecular weight excluding hydrogens is 152 g/mol. The van der Waals surface area contributed by atoms with Crippen LogP contribution in [-0.2, 0) is 0 Å². The van der Waals surface area contributed by atoms with Gasteiger partial charge in [-0.3, -0.25) is 0 Å². The van der Waals surface area contributed by atoms with Crippen molar-refractivity contribution in [3.63, 3.8) is 0 Å². The van der Waals surface area contributed by atoms with E-state index in [2.05, 4.69) is 0 Å². The summed E-state index contributed by atoms with van der Waals surface area (Å²) in [5.74, 6) is 0.236. The van der Waals surface area contributed by atoms with E-state index < -0.39 is 0 Å². The van der Waals surface area contributed by atoms with Gasteiger partial charge in [-0.15, -0.1) is 0 Å². The Labute approximate surface area is 72.7 Å². The second-order valence-electron chi connectivity index (χ2n) is 3.34. The second kappa shape index (κ2) is 3.63. The monoisotopic (exact) mass is 168 g/mol. The fourth-order valence-corrected chi connectivity index (χ4v) is 1.35. The van der Waals surface area contributed by atoms with Crippen LogP contribution in [0.2, 0.25) is 0 Å². The summed E-state index contributed by atoms with van der Waals surface area (Å²) < 4.78 is 0. The summed E-state index contributed by atoms with van der Waals surface area (Å²) in [6.45, 7) is 1.78. The SMILES string of the molecule is CC(O)CCC1C=C(N)C=C1N. The van der Waals surface area contributed by atoms with Crippen molar-refractivity contribution in [2.45, 2.75) is 25.9 Å². The molecule has 1 aliphatic carbocycles. The Balaban J connectivity index is 2.40. The molecule has 5 N–H and O–H groups in total. The molecule has 0 aliphatic heterocycles. The van der Waals surface area contributed by atoms with Gasteiger partial charge >= 0.3 is 0 Å². The van der Waals surface area contributed by atoms with E-state index in [1.54, 1.807) is 13.0 Å². The highest BCUT2D eigenvalue weighted by atomic mass is 16.3. The number of hydrogen-bond acceptors (Lipinski definition) is 3. The van der Waals surface area contributed by atoms with Crippen LogP contribution in [0.4, 0.5) is 0 Å². The molecule has 1 aliphatic rings. The van der Waals surface area contributed by atoms with Crippen molar-refractivity contribution in [2.24, 2.45) is 17.4 Å². The van der Waals surface area contributed by atoms with E-state index in [1.165, 1.54) is 0 Å². The molecule has 68 valence electrons. The Morgan fingerprint density at radius 3 is 2.67 bits per heavy atom. The van der Waals surface area contributed by atoms with Gasteiger partial charge in [0.2, 0.25) is 0 Å². The fourth-order valence-electron chi connectivity index (χ4n) is 1.35. The Hall–Kier alpha value is -0.960. The molecule has 3 nitrogen and oxygen atoms in total. The van der Waals surface area contributed by atoms with Crippen LogP contribution in [0.25, 0.3) is 0 Å². The summed E-state index contributed by atoms with van der Waals surface area (Å²) in [6, 6.07) is 0. The van der Waals surface area contributed by atoms with Crippen LogP contribution in [0.5, 0.6) is 0 Å². The maximum Gasteiger partial charge on any atom is 0.0512 e. The normalized spacial score (nSPS) is 25.0. The van der Waals surface area contributed by atoms with E-state index >= 15 is 0 Å². The Morgan fingerprint density at radius 2 is 2.25 bits per heavy atom. The number of aliphatic hydroxyl groups is 1. The summed E-state index contributed by atoms with van der Waals surface area (Å²) in [5, 5.41) is 9.05. The molecule has 0 amide bonds. The van der Waals surface area contributed by atoms with Gasteiger partial charge in [0.05, 0.1) is 6.10 Å². The van der Waals surface area contributed by atoms with Crippen molar-refractivity contribution < 1.29 is 5.11 Å². The van der Waals surface area contributed by atoms with Gasteiger partial charge in [0.25, 0.3) is 0 Å². The van der Waals surface area contributed by atoms with Crippen LogP contribution in [0.1, 0.15) is 19.8 Å². The first kappa shape index (κ1) is 9.13. The maximum absolute atomic E-state index is 9.05. The van der Waals surface area contributed by atoms with Crippen molar-refractivity contribution in [1.82, 2.24) is 0 Å². The molecule has 3 heteroatoms. The van der Waals surface area contributed by atoms with Gasteiger partial charge in [-0.1, -0.05) is 6.08 Å². The Kier molecular flexibility index (Phi) is 2.76. The fraction of sp³-hybridized carbons (Fsp3) is 0.556. The topological polar surface area (TPSA) is 72.3 Å². The van der Waals surface area contributed by atoms with E-state index in [9.17, 15) is 0 Å². The zero-order valence-electron chi connectivity index (χ0n) is 7.33. The van der Waals surface area contributed by atoms with E-state index in [1.807, 2.05) is 6.08 Å². The van der Waals surface area contributed by atoms with Crippen LogP contribution < -0.4 is 11.5 Å². The Bertz CT molecular complexity index is 219. The lowest BCUT2D eigenvalue weighted by Crippen LogP contribution is -2.10. The molecule has 2 unspecified atom stereocenters. The van der Waals surface area contributed by atoms with E-state index in [0.29, 0.717) is 0 Å². The molecule has 0 radical (unpaired) electrons. The minimum Gasteiger partial charge on any atom is -0.401 e. The first-order chi connectivity index (χ1) is 5.59. The number of aliphatic hydroxyl groups excluding tert-OH is 1. The summed E-state index contributed by atoms with van der Waals surface area (Å²) in [4.78, 5) is 0. The lowest BCUT2D eigenvalue weighted by Gasteiger charge is -2.10. The lowest BCUT2D eigenvalue weighted by molar-refractivity contribution is 0.178. The molecule has 1 rings (SSSR count). The molecule has 0 aromatic heterocycles. The molecule has 0 fully saturated rings. The van der Waals surface area contributed by atoms with Gasteiger partial charge < -0.3 is 16.6 Å². The van der Waals surface area contributed by atoms with Crippen molar-refractivity contribution in [3.8, 4) is 0 Å². The predicted octanol–water partition coefficient (Wildman–Crippen LogP) is 0.462. The number of nitrogens with two attached hydrogens (primary N) is 2. The number of allylic oxidation sites excluding steroid dienone is 2. The van der Waals surface area contributed by atoms with E-state index in [0.717, 1.165) is 24.2 Å². The molecule has 0 bridgehead atoms. The van der Waals surface area contributed by atoms with E-state index in [4.69, 9.17) is 16.6 Å². The van der Waals surface area contributed by atoms with Gasteiger partial charge in [0, 0.05) is 17.3 Å². The highest BCUT2D eigenvalue weighted by molar-refractivity contribution is 5.31. The third-order valence-corrected chi connectivity index (χ3v) is 2.05. The lowest BCUT2D eigenvalue weighted by atomic mass is 10.0. The van der Waals surface area contributed by atoms with E-state index in [-0.39, 0.29) is 12.0 Å². The van der Waals surface area contributed by atoms with Crippen LogP contribution in [0, 0.1) is 5.92 Å². The summed E-state index contributed by atoms with van der Waals surface area (Å²) in [6.07, 6.45) is 5.11. The third kappa shape index (κ3) is 2.27. The zero-order valence-corrected chi connectivity index (χ0v) is 7.33. The van der Waals surface area contributed by atoms with Gasteiger partial charge in [-0.25, -0.2) is 0 Å². The smallest absolute Gasteiger partial charge is 0.0512 e. The maximum atomic E-state index is 9.05. The number of rotatable bonds is 3. The van der Waals surface area contributed by atoms with Gasteiger partial charge in [-0.2, -0.15) is 0 Å². The van der Waals surface area contributed by atoms with Gasteiger partial charge in [0.1, 0.15) is 0 Å². The quantitative estimate of drug-likeness (QED) is 0.573. The molecule has 0 heterocycles. The molecule has 12 heavy (non-hydrogen) atoms. The predicted molar refractivity (Wildman–Crippen MR) is 48.9 cm³/mol. The van der Waals surface area contributed by atoms with Crippen LogP contribution >= 0.6 is 0 Å². The van der Waals surface area contributed by atoms with Crippen molar-refractivity contribution in [2.75, 3.05) is 0 Å². The minimum absolute atomic E-state index is 0.236. The highest BCUT2D eigenvalue weighted by Crippen LogP contribution is 2.22. The minimum atomic E-state index is -0.256. The molecule has 0 saturated carbocycles. The largest absolute Gasteiger partial charge is 0.401 e. The average molecular weight is 168 g/mol. The molecule has 0 saturated heterocycles. The van der Waals surface area contributed by atoms with Gasteiger partial charge in [-0.05, 0) is 25.8 Å². The standard InChI is InChI=1S/C9H16N2O/c1-6(12)2-3-7-4-8(10)5-9(7)11/h4-7,12H,2-3,10-11H2,1H3. The van der Waals surface area contributed by atoms with Crippen LogP contribution in [-0.4, -0.2) is 11.2 Å². The summed E-state index contributed by atoms with van der Waals surface area (Å²) in [5.41, 5.74) is 12.8. The third-order valence-electron chi connectivity index (χ3n) is 2.05. The molecule has 2 atom stereocenters. The van der Waals surface area contributed by atoms with Crippen molar-refractivity contribution >= 4 is 0 Å². The zero-order chi connectivity index (χ0) is 9.14. The molecular formula is C9H16N2O. The first-order valence-electron chi connectivity index (χ1n) is 4.22. The molecule has 0 spiro atoms. The van der Waals surface area contributed by atoms with Crippen molar-refractivity contribution in [1.29, 1.82) is 0 Å². The van der Waals surface area contributed by atoms with Crippen molar-refractivity contribution in [3.05, 3.63) is 23.5 Å². The average Bonchev–Trinajstić information content (AvgIpc) is 2.26. The number of hydrogen-bond donors (Lipinski definition) is 3. The second-order valence-corrected chi connectivity index (χ2v) is 3.34. The summed E-state index contributed by atoms with van der Waals surface area (Å²) >= 11 is 0.